The van der Waals surface area contributed by atoms with Gasteiger partial charge in [0.1, 0.15) is 0 Å². The number of benzene rings is 20. The fourth-order valence-electron chi connectivity index (χ4n) is 22.4. The van der Waals surface area contributed by atoms with E-state index in [1.807, 2.05) is 0 Å². The molecule has 0 saturated carbocycles. The van der Waals surface area contributed by atoms with E-state index in [2.05, 4.69) is 485 Å². The Bertz CT molecular complexity index is 7930. The molecule has 10 aliphatic heterocycles. The highest BCUT2D eigenvalue weighted by molar-refractivity contribution is 6.93. The van der Waals surface area contributed by atoms with Gasteiger partial charge in [-0.15, -0.1) is 0 Å². The average molecular weight is 1590 g/mol. The molecule has 0 bridgehead atoms. The van der Waals surface area contributed by atoms with Gasteiger partial charge >= 0.3 is 34.2 Å². The molecule has 0 amide bonds. The molecule has 20 aromatic rings. The van der Waals surface area contributed by atoms with Gasteiger partial charge < -0.3 is 24.1 Å². The average Bonchev–Trinajstić information content (AvgIpc) is 0.775. The standard InChI is InChI=1S/3C24H16BN.2C22H14BN/c1-3-9-19-17(7-1)13-14-21-24(19)20-10-4-6-12-23(20)26-22-11-5-2-8-18(22)15-16-25(21)26;1-3-9-19-17(7-1)13-14-22-24(19)20-10-4-6-12-23(20)26-16-15-18-8-2-5-11-21(18)25(22)26;1-2-9-19-16-22-21(15-18(19)8-1)20-10-4-6-12-24(20)26-23-11-5-3-7-17(23)13-14-25(22)26;1-2-9-19-15(5-1)13-14-23-18-8-3-6-16-11-12-17-7-4-10-20(24(19)23)22(17)21(16)18;1-2-8-18-15(5-1)13-14-24-20-10-4-7-17-12-11-16-6-3-9-19(23(18)24)21(16)22(17)20/h3*1-16H;2*1-14H. The number of hydrogen-bond donors (Lipinski definition) is 0. The molecule has 30 rings (SSSR count). The Hall–Kier alpha value is -15.8. The highest BCUT2D eigenvalue weighted by atomic mass is 15.1. The molecule has 0 spiro atoms. The second-order valence-corrected chi connectivity index (χ2v) is 34.3. The predicted molar refractivity (Wildman–Crippen MR) is 546 cm³/mol. The van der Waals surface area contributed by atoms with Crippen molar-refractivity contribution in [2.24, 2.45) is 0 Å². The molecule has 10 heterocycles. The molecular formula is C116H76B5N5. The molecule has 580 valence electrons. The Balaban J connectivity index is 0.0000000838. The van der Waals surface area contributed by atoms with Gasteiger partial charge in [0.15, 0.2) is 0 Å². The third-order valence-electron chi connectivity index (χ3n) is 27.8. The molecule has 20 aromatic carbocycles. The third-order valence-corrected chi connectivity index (χ3v) is 27.8. The third kappa shape index (κ3) is 11.1. The summed E-state index contributed by atoms with van der Waals surface area (Å²) >= 11 is 0. The molecule has 0 aliphatic carbocycles. The van der Waals surface area contributed by atoms with Gasteiger partial charge in [0.2, 0.25) is 0 Å². The summed E-state index contributed by atoms with van der Waals surface area (Å²) in [5, 5.41) is 18.8. The Morgan fingerprint density at radius 2 is 0.516 bits per heavy atom. The number of nitrogens with zero attached hydrogens (tertiary/aromatic N) is 5. The first-order valence-electron chi connectivity index (χ1n) is 44.1. The fraction of sp³-hybridized carbons (Fsp3) is 0. The van der Waals surface area contributed by atoms with Crippen LogP contribution in [0.1, 0.15) is 27.8 Å². The van der Waals surface area contributed by atoms with Crippen LogP contribution in [-0.4, -0.2) is 34.2 Å². The molecule has 0 aromatic heterocycles. The molecule has 0 atom stereocenters. The van der Waals surface area contributed by atoms with Crippen LogP contribution in [0.5, 0.6) is 0 Å². The van der Waals surface area contributed by atoms with Crippen molar-refractivity contribution < 1.29 is 0 Å². The summed E-state index contributed by atoms with van der Waals surface area (Å²) in [5.41, 5.74) is 34.6. The van der Waals surface area contributed by atoms with E-state index in [9.17, 15) is 0 Å². The summed E-state index contributed by atoms with van der Waals surface area (Å²) < 4.78 is 0. The van der Waals surface area contributed by atoms with Crippen molar-refractivity contribution >= 4 is 224 Å². The Morgan fingerprint density at radius 1 is 0.175 bits per heavy atom. The summed E-state index contributed by atoms with van der Waals surface area (Å²) in [6.45, 7) is 1.23. The smallest absolute Gasteiger partial charge is 0.328 e. The van der Waals surface area contributed by atoms with Gasteiger partial charge in [0, 0.05) is 73.0 Å². The van der Waals surface area contributed by atoms with Crippen molar-refractivity contribution in [3.8, 4) is 33.4 Å². The second-order valence-electron chi connectivity index (χ2n) is 34.3. The van der Waals surface area contributed by atoms with Gasteiger partial charge in [0.25, 0.3) is 0 Å². The summed E-state index contributed by atoms with van der Waals surface area (Å²) in [6.07, 6.45) is 15.8. The van der Waals surface area contributed by atoms with E-state index in [1.165, 1.54) is 220 Å². The zero-order valence-electron chi connectivity index (χ0n) is 69.0. The van der Waals surface area contributed by atoms with Gasteiger partial charge in [-0.05, 0) is 227 Å². The zero-order valence-corrected chi connectivity index (χ0v) is 69.0. The lowest BCUT2D eigenvalue weighted by Crippen LogP contribution is -2.59. The normalized spacial score (nSPS) is 14.0. The monoisotopic (exact) mass is 1590 g/mol. The SMILES string of the molecule is C1=CN2B(c3ccccc31)c1ccc3ccccc3c1-c1ccccc12.C1=CN2B(c3ccccc31)c1cccc3ccc4cccc2c4c13.C1=Cc2ccccc2N2B1c1cc3ccccc3cc1-c1ccccc12.C1=Cc2ccccc2N2B1c1ccc3ccccc3c1-c1ccccc12.C1=Cc2ccccc2N2B1c1cccc3ccc4cccc2c4c13. The van der Waals surface area contributed by atoms with Crippen molar-refractivity contribution in [1.82, 2.24) is 0 Å². The minimum atomic E-state index is 0.228. The maximum Gasteiger partial charge on any atom is 0.328 e. The molecule has 0 radical (unpaired) electrons. The minimum absolute atomic E-state index is 0.228. The summed E-state index contributed by atoms with van der Waals surface area (Å²) in [6, 6.07) is 146. The van der Waals surface area contributed by atoms with Crippen LogP contribution < -0.4 is 62.3 Å². The number of anilines is 8. The van der Waals surface area contributed by atoms with E-state index < -0.39 is 0 Å². The maximum atomic E-state index is 2.50. The van der Waals surface area contributed by atoms with Crippen molar-refractivity contribution in [2.45, 2.75) is 0 Å². The molecule has 10 aliphatic rings. The molecule has 5 nitrogen and oxygen atoms in total. The first kappa shape index (κ1) is 71.9. The van der Waals surface area contributed by atoms with Crippen LogP contribution in [-0.2, 0) is 0 Å². The largest absolute Gasteiger partial charge is 0.383 e. The van der Waals surface area contributed by atoms with E-state index >= 15 is 0 Å². The highest BCUT2D eigenvalue weighted by Gasteiger charge is 2.43. The van der Waals surface area contributed by atoms with Crippen molar-refractivity contribution in [2.75, 3.05) is 24.1 Å². The highest BCUT2D eigenvalue weighted by Crippen LogP contribution is 2.50. The second kappa shape index (κ2) is 29.0. The topological polar surface area (TPSA) is 16.2 Å². The predicted octanol–water partition coefficient (Wildman–Crippen LogP) is 24.1. The molecule has 126 heavy (non-hydrogen) atoms. The zero-order chi connectivity index (χ0) is 82.6. The molecule has 0 saturated heterocycles. The van der Waals surface area contributed by atoms with E-state index in [0.29, 0.717) is 0 Å². The van der Waals surface area contributed by atoms with Gasteiger partial charge in [-0.3, -0.25) is 0 Å². The molecule has 0 N–H and O–H groups in total. The number of fused-ring (bicyclic) bond motifs is 39. The number of hydrogen-bond acceptors (Lipinski definition) is 5. The lowest BCUT2D eigenvalue weighted by atomic mass is 9.44. The Labute approximate surface area is 734 Å². The van der Waals surface area contributed by atoms with Crippen LogP contribution in [0, 0.1) is 0 Å². The summed E-state index contributed by atoms with van der Waals surface area (Å²) in [5.74, 6) is 7.02. The van der Waals surface area contributed by atoms with Crippen LogP contribution in [0.25, 0.3) is 139 Å². The summed E-state index contributed by atoms with van der Waals surface area (Å²) in [7, 11) is 0. The minimum Gasteiger partial charge on any atom is -0.383 e. The number of para-hydroxylation sites is 6. The van der Waals surface area contributed by atoms with Gasteiger partial charge in [-0.25, -0.2) is 0 Å². The first-order valence-corrected chi connectivity index (χ1v) is 44.1. The fourth-order valence-corrected chi connectivity index (χ4v) is 22.4. The van der Waals surface area contributed by atoms with Crippen molar-refractivity contribution in [3.05, 3.63) is 459 Å². The van der Waals surface area contributed by atoms with E-state index in [-0.39, 0.29) is 34.2 Å². The summed E-state index contributed by atoms with van der Waals surface area (Å²) in [4.78, 5) is 12.3. The van der Waals surface area contributed by atoms with Crippen LogP contribution >= 0.6 is 0 Å². The Morgan fingerprint density at radius 3 is 1.10 bits per heavy atom. The maximum absolute atomic E-state index is 2.50. The van der Waals surface area contributed by atoms with Crippen molar-refractivity contribution in [3.63, 3.8) is 0 Å². The molecular weight excluding hydrogens is 1520 g/mol. The molecule has 0 fully saturated rings. The number of rotatable bonds is 0. The van der Waals surface area contributed by atoms with Crippen molar-refractivity contribution in [1.29, 1.82) is 0 Å². The van der Waals surface area contributed by atoms with E-state index in [4.69, 9.17) is 0 Å². The quantitative estimate of drug-likeness (QED) is 0.111. The van der Waals surface area contributed by atoms with Crippen LogP contribution in [0.15, 0.2) is 431 Å². The van der Waals surface area contributed by atoms with Gasteiger partial charge in [-0.1, -0.05) is 382 Å². The first-order chi connectivity index (χ1) is 62.6. The van der Waals surface area contributed by atoms with Gasteiger partial charge in [0.05, 0.1) is 0 Å². The molecule has 10 heteroatoms. The van der Waals surface area contributed by atoms with E-state index in [0.717, 1.165) is 0 Å². The van der Waals surface area contributed by atoms with E-state index in [1.54, 1.807) is 0 Å². The lowest BCUT2D eigenvalue weighted by Gasteiger charge is -2.40. The van der Waals surface area contributed by atoms with Crippen LogP contribution in [0.2, 0.25) is 0 Å². The van der Waals surface area contributed by atoms with Crippen LogP contribution in [0.3, 0.4) is 0 Å². The Kier molecular flexibility index (Phi) is 16.5. The lowest BCUT2D eigenvalue weighted by molar-refractivity contribution is 1.35. The molecule has 0 unspecified atom stereocenters. The van der Waals surface area contributed by atoms with Crippen LogP contribution in [0.4, 0.5) is 45.5 Å². The van der Waals surface area contributed by atoms with Gasteiger partial charge in [-0.2, -0.15) is 0 Å².